The van der Waals surface area contributed by atoms with Crippen LogP contribution < -0.4 is 10.7 Å². The molecule has 0 saturated heterocycles. The van der Waals surface area contributed by atoms with Crippen molar-refractivity contribution in [2.75, 3.05) is 5.32 Å². The van der Waals surface area contributed by atoms with E-state index in [9.17, 15) is 14.7 Å². The van der Waals surface area contributed by atoms with Gasteiger partial charge in [-0.1, -0.05) is 53.2 Å². The molecule has 2 aromatic carbocycles. The van der Waals surface area contributed by atoms with Crippen molar-refractivity contribution in [2.45, 2.75) is 51.9 Å². The zero-order valence-corrected chi connectivity index (χ0v) is 14.6. The molecular formula is C24H28N2O3. The van der Waals surface area contributed by atoms with Crippen molar-refractivity contribution in [3.05, 3.63) is 69.4 Å². The van der Waals surface area contributed by atoms with Gasteiger partial charge in [-0.15, -0.1) is 0 Å². The number of phenolic OH excluding ortho intramolecular Hbond substituents is 1. The van der Waals surface area contributed by atoms with Crippen molar-refractivity contribution in [1.29, 1.82) is 0 Å². The summed E-state index contributed by atoms with van der Waals surface area (Å²) in [5.41, 5.74) is -16.8. The Balaban J connectivity index is 2.79. The first-order chi connectivity index (χ1) is 22.2. The number of carbonyl (C=O) groups is 1. The van der Waals surface area contributed by atoms with Crippen LogP contribution in [-0.2, 0) is 10.8 Å². The molecule has 0 aliphatic rings. The number of aromatic nitrogens is 1. The van der Waals surface area contributed by atoms with Gasteiger partial charge in [0.25, 0.3) is 5.91 Å². The minimum Gasteiger partial charge on any atom is -0.508 e. The maximum Gasteiger partial charge on any atom is 0.261 e. The highest BCUT2D eigenvalue weighted by Crippen LogP contribution is 2.39. The molecule has 152 valence electrons. The van der Waals surface area contributed by atoms with Crippen LogP contribution in [0.1, 0.15) is 91.4 Å². The van der Waals surface area contributed by atoms with E-state index in [2.05, 4.69) is 4.98 Å². The van der Waals surface area contributed by atoms with Gasteiger partial charge in [0.05, 0.1) is 4.11 Å². The van der Waals surface area contributed by atoms with Crippen molar-refractivity contribution >= 4 is 22.5 Å². The average Bonchev–Trinajstić information content (AvgIpc) is 2.87. The van der Waals surface area contributed by atoms with Crippen LogP contribution >= 0.6 is 0 Å². The Labute approximate surface area is 200 Å². The number of phenols is 1. The first-order valence-electron chi connectivity index (χ1n) is 18.5. The Morgan fingerprint density at radius 2 is 1.72 bits per heavy atom. The summed E-state index contributed by atoms with van der Waals surface area (Å²) in [6.07, 6.45) is -0.911. The molecule has 3 N–H and O–H groups in total. The van der Waals surface area contributed by atoms with Crippen LogP contribution in [0, 0.1) is 0 Å². The van der Waals surface area contributed by atoms with Gasteiger partial charge < -0.3 is 15.4 Å². The van der Waals surface area contributed by atoms with Gasteiger partial charge in [-0.2, -0.15) is 0 Å². The lowest BCUT2D eigenvalue weighted by Gasteiger charge is -2.28. The number of H-pyrrole nitrogens is 1. The molecule has 0 bridgehead atoms. The molecular weight excluding hydrogens is 364 g/mol. The number of nitrogens with one attached hydrogen (secondary N) is 2. The van der Waals surface area contributed by atoms with Gasteiger partial charge in [0, 0.05) is 53.5 Å². The van der Waals surface area contributed by atoms with E-state index in [1.54, 1.807) is 5.32 Å². The normalized spacial score (nSPS) is 25.4. The van der Waals surface area contributed by atoms with E-state index in [0.29, 0.717) is 0 Å². The highest BCUT2D eigenvalue weighted by Gasteiger charge is 2.26. The Hall–Kier alpha value is -3.08. The molecule has 0 aliphatic carbocycles. The lowest BCUT2D eigenvalue weighted by molar-refractivity contribution is 0.102. The number of hydrogen-bond acceptors (Lipinski definition) is 3. The first-order valence-corrected chi connectivity index (χ1v) is 7.96. The summed E-state index contributed by atoms with van der Waals surface area (Å²) in [6, 6.07) is 1.51. The molecule has 0 fully saturated rings. The number of aromatic hydroxyl groups is 1. The fourth-order valence-corrected chi connectivity index (χ4v) is 2.58. The number of rotatable bonds is 2. The van der Waals surface area contributed by atoms with Gasteiger partial charge >= 0.3 is 0 Å². The van der Waals surface area contributed by atoms with Crippen molar-refractivity contribution in [2.24, 2.45) is 0 Å². The molecule has 1 heterocycles. The number of aromatic amines is 1. The van der Waals surface area contributed by atoms with Gasteiger partial charge in [-0.05, 0) is 40.1 Å². The minimum absolute atomic E-state index is 0.0536. The molecule has 29 heavy (non-hydrogen) atoms. The highest BCUT2D eigenvalue weighted by atomic mass is 16.3. The third kappa shape index (κ3) is 4.04. The van der Waals surface area contributed by atoms with Crippen molar-refractivity contribution < 1.29 is 38.7 Å². The summed E-state index contributed by atoms with van der Waals surface area (Å²) in [4.78, 5) is 29.4. The number of anilines is 1. The van der Waals surface area contributed by atoms with Crippen LogP contribution in [0.5, 0.6) is 5.75 Å². The molecule has 5 nitrogen and oxygen atoms in total. The van der Waals surface area contributed by atoms with Gasteiger partial charge in [-0.3, -0.25) is 9.59 Å². The number of hydrogen-bond donors (Lipinski definition) is 3. The predicted octanol–water partition coefficient (Wildman–Crippen LogP) is 5.08. The van der Waals surface area contributed by atoms with Gasteiger partial charge in [0.2, 0.25) is 5.43 Å². The topological polar surface area (TPSA) is 82.2 Å². The van der Waals surface area contributed by atoms with E-state index in [0.717, 1.165) is 0 Å². The van der Waals surface area contributed by atoms with E-state index in [1.807, 2.05) is 0 Å². The van der Waals surface area contributed by atoms with E-state index >= 15 is 0 Å². The third-order valence-corrected chi connectivity index (χ3v) is 3.92. The highest BCUT2D eigenvalue weighted by molar-refractivity contribution is 6.06. The summed E-state index contributed by atoms with van der Waals surface area (Å²) < 4.78 is 172. The number of benzene rings is 2. The summed E-state index contributed by atoms with van der Waals surface area (Å²) in [5.74, 6) is -3.75. The molecule has 1 aromatic heterocycles. The van der Waals surface area contributed by atoms with Crippen LogP contribution in [-0.4, -0.2) is 16.0 Å². The maximum absolute atomic E-state index is 13.7. The van der Waals surface area contributed by atoms with Gasteiger partial charge in [0.15, 0.2) is 0 Å². The summed E-state index contributed by atoms with van der Waals surface area (Å²) in [5, 5.41) is 12.8. The van der Waals surface area contributed by atoms with Gasteiger partial charge in [-0.25, -0.2) is 0 Å². The molecule has 0 aliphatic heterocycles. The molecule has 0 saturated carbocycles. The standard InChI is InChI=1S/C24H28N2O3/c1-23(2,3)16-11-17(24(4,5)6)20(27)12-19(16)26-22(29)15-13-25-18-10-8-7-9-14(18)21(15)28/h7-13,27H,1-6H3,(H,25,28)(H,26,29)/i1D3,2D3,3D3,4D3,5D3,6D3,11D,12D,13D. The van der Waals surface area contributed by atoms with Crippen LogP contribution in [0.3, 0.4) is 0 Å². The SMILES string of the molecule is [2H]c1[nH]c2ccccc2c(=O)c1C(=O)Nc1c([2H])c(O)c(C(C([2H])([2H])[2H])(C([2H])([2H])[2H])C([2H])([2H])[2H])c([2H])c1C(C([2H])([2H])[2H])(C([2H])([2H])[2H])C([2H])([2H])[2H]. The van der Waals surface area contributed by atoms with Crippen LogP contribution in [0.15, 0.2) is 47.3 Å². The maximum atomic E-state index is 13.7. The Morgan fingerprint density at radius 3 is 2.41 bits per heavy atom. The summed E-state index contributed by atoms with van der Waals surface area (Å²) >= 11 is 0. The minimum atomic E-state index is -4.46. The van der Waals surface area contributed by atoms with E-state index in [-0.39, 0.29) is 10.9 Å². The van der Waals surface area contributed by atoms with Crippen molar-refractivity contribution in [3.8, 4) is 5.75 Å². The summed E-state index contributed by atoms with van der Waals surface area (Å²) in [7, 11) is 0. The number of carbonyl (C=O) groups excluding carboxylic acids is 1. The second-order valence-corrected chi connectivity index (χ2v) is 6.18. The van der Waals surface area contributed by atoms with Crippen molar-refractivity contribution in [1.82, 2.24) is 4.98 Å². The number of para-hydroxylation sites is 1. The second-order valence-electron chi connectivity index (χ2n) is 6.18. The van der Waals surface area contributed by atoms with Crippen LogP contribution in [0.4, 0.5) is 5.69 Å². The molecule has 1 amide bonds. The summed E-state index contributed by atoms with van der Waals surface area (Å²) in [6.45, 7) is -26.0. The van der Waals surface area contributed by atoms with Crippen molar-refractivity contribution in [3.63, 3.8) is 0 Å². The molecule has 0 unspecified atom stereocenters. The van der Waals surface area contributed by atoms with Crippen LogP contribution in [0.25, 0.3) is 10.9 Å². The molecule has 0 radical (unpaired) electrons. The average molecular weight is 414 g/mol. The zero-order chi connectivity index (χ0) is 39.2. The largest absolute Gasteiger partial charge is 0.508 e. The Morgan fingerprint density at radius 1 is 1.07 bits per heavy atom. The molecule has 0 atom stereocenters. The lowest BCUT2D eigenvalue weighted by Crippen LogP contribution is -2.25. The quantitative estimate of drug-likeness (QED) is 0.548. The Kier molecular flexibility index (Phi) is 1.64. The van der Waals surface area contributed by atoms with E-state index in [1.165, 1.54) is 24.3 Å². The predicted molar refractivity (Wildman–Crippen MR) is 118 cm³/mol. The number of fused-ring (bicyclic) bond motifs is 1. The monoisotopic (exact) mass is 413 g/mol. The molecule has 5 heteroatoms. The Bertz CT molecular complexity index is 1820. The fourth-order valence-electron chi connectivity index (χ4n) is 2.58. The molecule has 3 aromatic rings. The number of pyridine rings is 1. The van der Waals surface area contributed by atoms with Crippen LogP contribution in [0.2, 0.25) is 0 Å². The second kappa shape index (κ2) is 7.07. The molecule has 0 spiro atoms. The third-order valence-electron chi connectivity index (χ3n) is 3.92. The smallest absolute Gasteiger partial charge is 0.261 e. The fraction of sp³-hybridized carbons (Fsp3) is 0.333. The lowest BCUT2D eigenvalue weighted by atomic mass is 9.79. The zero-order valence-electron chi connectivity index (χ0n) is 35.6. The first kappa shape index (κ1) is 6.73. The number of amides is 1. The van der Waals surface area contributed by atoms with E-state index in [4.69, 9.17) is 28.8 Å². The van der Waals surface area contributed by atoms with Gasteiger partial charge in [0.1, 0.15) is 11.3 Å². The van der Waals surface area contributed by atoms with E-state index < -0.39 is 110 Å². The molecule has 3 rings (SSSR count).